The van der Waals surface area contributed by atoms with Crippen LogP contribution in [0.15, 0.2) is 0 Å². The molecule has 0 aromatic rings. The molecule has 7 nitrogen and oxygen atoms in total. The maximum atomic E-state index is 8.89. The molecule has 8 heteroatoms. The van der Waals surface area contributed by atoms with Crippen molar-refractivity contribution < 1.29 is 34.5 Å². The Morgan fingerprint density at radius 3 is 0.733 bits per heavy atom. The number of carboxylic acids is 3. The van der Waals surface area contributed by atoms with Crippen LogP contribution in [0.4, 0.5) is 0 Å². The molecule has 84 valence electrons. The van der Waals surface area contributed by atoms with Gasteiger partial charge in [-0.25, -0.2) is 0 Å². The van der Waals surface area contributed by atoms with Crippen LogP contribution in [0.25, 0.3) is 0 Å². The molecule has 0 aromatic carbocycles. The minimum absolute atomic E-state index is 0. The summed E-state index contributed by atoms with van der Waals surface area (Å²) in [6.07, 6.45) is 0. The van der Waals surface area contributed by atoms with E-state index in [0.29, 0.717) is 0 Å². The van der Waals surface area contributed by atoms with Crippen LogP contribution in [0.2, 0.25) is 0 Å². The van der Waals surface area contributed by atoms with Crippen molar-refractivity contribution in [2.75, 3.05) is 0 Å². The van der Waals surface area contributed by atoms with Gasteiger partial charge in [0.15, 0.2) is 0 Å². The average molecular weight is 234 g/mol. The topological polar surface area (TPSA) is 137 Å². The quantitative estimate of drug-likeness (QED) is 0.386. The van der Waals surface area contributed by atoms with Gasteiger partial charge in [-0.3, -0.25) is 0 Å². The largest absolute Gasteiger partial charge is 3.00 e. The fourth-order valence-electron chi connectivity index (χ4n) is 0. The van der Waals surface area contributed by atoms with E-state index < -0.39 is 17.9 Å². The monoisotopic (exact) mass is 234 g/mol. The predicted octanol–water partition coefficient (Wildman–Crippen LogP) is -4.30. The molecule has 0 saturated heterocycles. The van der Waals surface area contributed by atoms with Gasteiger partial charge in [-0.1, -0.05) is 0 Å². The molecule has 0 unspecified atom stereocenters. The van der Waals surface area contributed by atoms with E-state index >= 15 is 0 Å². The van der Waals surface area contributed by atoms with Gasteiger partial charge in [-0.15, -0.1) is 0 Å². The number of hydrogen-bond acceptors (Lipinski definition) is 7. The van der Waals surface area contributed by atoms with Crippen LogP contribution in [0.3, 0.4) is 0 Å². The molecule has 0 fully saturated rings. The molecule has 15 heavy (non-hydrogen) atoms. The average Bonchev–Trinajstić information content (AvgIpc) is 1.86. The van der Waals surface area contributed by atoms with Crippen LogP contribution in [0.5, 0.6) is 0 Å². The Labute approximate surface area is 97.8 Å². The summed E-state index contributed by atoms with van der Waals surface area (Å²) in [7, 11) is 0. The maximum Gasteiger partial charge on any atom is 3.00 e. The summed E-state index contributed by atoms with van der Waals surface area (Å²) in [6.45, 7) is 4.92. The van der Waals surface area contributed by atoms with Crippen LogP contribution >= 0.6 is 0 Å². The summed E-state index contributed by atoms with van der Waals surface area (Å²) in [5.74, 6) is -3.25. The van der Waals surface area contributed by atoms with E-state index in [1.807, 2.05) is 6.79 Å². The van der Waals surface area contributed by atoms with Gasteiger partial charge in [0.2, 0.25) is 0 Å². The molecule has 0 bridgehead atoms. The third-order valence-electron chi connectivity index (χ3n) is 0. The van der Waals surface area contributed by atoms with E-state index in [4.69, 9.17) is 34.5 Å². The molecule has 0 aliphatic heterocycles. The molecule has 0 N–H and O–H groups in total. The number of hydrogen-bond donors (Lipinski definition) is 0. The first-order valence-electron chi connectivity index (χ1n) is 3.01. The van der Waals surface area contributed by atoms with E-state index in [0.717, 1.165) is 20.8 Å². The van der Waals surface area contributed by atoms with Crippen molar-refractivity contribution in [1.29, 1.82) is 0 Å². The molecule has 0 rings (SSSR count). The third-order valence-corrected chi connectivity index (χ3v) is 0. The van der Waals surface area contributed by atoms with Gasteiger partial charge >= 0.3 is 17.4 Å². The molecular formula is C7H11AlO7. The number of carbonyl (C=O) groups is 4. The normalized spacial score (nSPS) is 5.27. The zero-order valence-corrected chi connectivity index (χ0v) is 9.80. The summed E-state index contributed by atoms with van der Waals surface area (Å²) in [5.41, 5.74) is 0. The van der Waals surface area contributed by atoms with E-state index in [1.54, 1.807) is 0 Å². The molecule has 0 aromatic heterocycles. The second-order valence-corrected chi connectivity index (χ2v) is 1.47. The first-order chi connectivity index (χ1) is 6.20. The first-order valence-corrected chi connectivity index (χ1v) is 3.01. The SMILES string of the molecule is C=O.CC(=O)[O-].CC(=O)[O-].CC(=O)[O-].[Al+3]. The number of rotatable bonds is 0. The van der Waals surface area contributed by atoms with Gasteiger partial charge < -0.3 is 34.5 Å². The van der Waals surface area contributed by atoms with E-state index in [9.17, 15) is 0 Å². The predicted molar refractivity (Wildman–Crippen MR) is 44.9 cm³/mol. The Kier molecular flexibility index (Phi) is 57.1. The Bertz CT molecular complexity index is 128. The maximum absolute atomic E-state index is 8.89. The van der Waals surface area contributed by atoms with Crippen molar-refractivity contribution in [3.8, 4) is 0 Å². The summed E-state index contributed by atoms with van der Waals surface area (Å²) in [5, 5.41) is 26.7. The molecule has 0 aliphatic rings. The smallest absolute Gasteiger partial charge is 0.550 e. The summed E-state index contributed by atoms with van der Waals surface area (Å²) in [6, 6.07) is 0. The van der Waals surface area contributed by atoms with E-state index in [1.165, 1.54) is 0 Å². The Hall–Kier alpha value is -1.39. The van der Waals surface area contributed by atoms with Gasteiger partial charge in [-0.05, 0) is 20.8 Å². The number of aliphatic carboxylic acids is 3. The van der Waals surface area contributed by atoms with Gasteiger partial charge in [0, 0.05) is 17.9 Å². The third kappa shape index (κ3) is 738. The van der Waals surface area contributed by atoms with E-state index in [-0.39, 0.29) is 17.4 Å². The standard InChI is InChI=1S/3C2H4O2.CH2O.Al/c3*1-2(3)4;1-2;/h3*1H3,(H,3,4);1H2;/q;;;;+3/p-3. The summed E-state index contributed by atoms with van der Waals surface area (Å²) < 4.78 is 0. The second kappa shape index (κ2) is 29.3. The van der Waals surface area contributed by atoms with Crippen LogP contribution in [-0.4, -0.2) is 42.1 Å². The second-order valence-electron chi connectivity index (χ2n) is 1.47. The van der Waals surface area contributed by atoms with Crippen molar-refractivity contribution in [3.63, 3.8) is 0 Å². The molecule has 0 spiro atoms. The molecule has 0 atom stereocenters. The Morgan fingerprint density at radius 1 is 0.733 bits per heavy atom. The minimum atomic E-state index is -1.08. The van der Waals surface area contributed by atoms with Crippen LogP contribution < -0.4 is 15.3 Å². The molecule has 0 saturated carbocycles. The molecule has 0 radical (unpaired) electrons. The van der Waals surface area contributed by atoms with E-state index in [2.05, 4.69) is 0 Å². The van der Waals surface area contributed by atoms with Crippen molar-refractivity contribution in [2.24, 2.45) is 0 Å². The molecular weight excluding hydrogens is 223 g/mol. The molecule has 0 amide bonds. The van der Waals surface area contributed by atoms with Crippen LogP contribution in [0, 0.1) is 0 Å². The van der Waals surface area contributed by atoms with Crippen molar-refractivity contribution in [2.45, 2.75) is 20.8 Å². The first kappa shape index (κ1) is 29.2. The molecule has 0 aliphatic carbocycles. The zero-order chi connectivity index (χ0) is 12.7. The Morgan fingerprint density at radius 2 is 0.733 bits per heavy atom. The van der Waals surface area contributed by atoms with Crippen molar-refractivity contribution in [3.05, 3.63) is 0 Å². The van der Waals surface area contributed by atoms with Crippen molar-refractivity contribution >= 4 is 42.1 Å². The van der Waals surface area contributed by atoms with Crippen LogP contribution in [-0.2, 0) is 19.2 Å². The van der Waals surface area contributed by atoms with Gasteiger partial charge in [0.05, 0.1) is 0 Å². The van der Waals surface area contributed by atoms with Crippen molar-refractivity contribution in [1.82, 2.24) is 0 Å². The van der Waals surface area contributed by atoms with Gasteiger partial charge in [0.1, 0.15) is 6.79 Å². The van der Waals surface area contributed by atoms with Crippen LogP contribution in [0.1, 0.15) is 20.8 Å². The van der Waals surface area contributed by atoms with Gasteiger partial charge in [0.25, 0.3) is 0 Å². The molecule has 0 heterocycles. The Balaban J connectivity index is -0.0000000298. The fourth-order valence-corrected chi connectivity index (χ4v) is 0. The zero-order valence-electron chi connectivity index (χ0n) is 8.64. The number of carbonyl (C=O) groups excluding carboxylic acids is 4. The minimum Gasteiger partial charge on any atom is -0.550 e. The number of carboxylic acid groups (broad SMARTS) is 3. The fraction of sp³-hybridized carbons (Fsp3) is 0.429. The summed E-state index contributed by atoms with van der Waals surface area (Å²) >= 11 is 0. The van der Waals surface area contributed by atoms with Gasteiger partial charge in [-0.2, -0.15) is 0 Å². The summed E-state index contributed by atoms with van der Waals surface area (Å²) in [4.78, 5) is 34.7.